The van der Waals surface area contributed by atoms with Crippen LogP contribution < -0.4 is 4.72 Å². The minimum atomic E-state index is -3.55. The molecule has 0 amide bonds. The zero-order chi connectivity index (χ0) is 15.0. The van der Waals surface area contributed by atoms with Crippen molar-refractivity contribution in [1.82, 2.24) is 0 Å². The third-order valence-electron chi connectivity index (χ3n) is 3.82. The van der Waals surface area contributed by atoms with Gasteiger partial charge in [0, 0.05) is 5.69 Å². The van der Waals surface area contributed by atoms with Crippen LogP contribution in [0.3, 0.4) is 0 Å². The van der Waals surface area contributed by atoms with E-state index in [1.54, 1.807) is 18.2 Å². The van der Waals surface area contributed by atoms with Crippen LogP contribution in [0.15, 0.2) is 47.4 Å². The van der Waals surface area contributed by atoms with Crippen LogP contribution in [0.1, 0.15) is 22.3 Å². The fourth-order valence-corrected chi connectivity index (χ4v) is 3.50. The Labute approximate surface area is 125 Å². The number of rotatable bonds is 3. The molecule has 1 N–H and O–H groups in total. The fraction of sp³-hybridized carbons (Fsp3) is 0.176. The molecular weight excluding hydrogens is 282 g/mol. The Balaban J connectivity index is 1.93. The van der Waals surface area contributed by atoms with Crippen LogP contribution in [-0.2, 0) is 16.4 Å². The van der Waals surface area contributed by atoms with Crippen LogP contribution in [-0.4, -0.2) is 8.42 Å². The van der Waals surface area contributed by atoms with Crippen LogP contribution >= 0.6 is 0 Å². The molecule has 0 radical (unpaired) electrons. The van der Waals surface area contributed by atoms with Gasteiger partial charge in [-0.25, -0.2) is 8.42 Å². The van der Waals surface area contributed by atoms with E-state index in [1.807, 2.05) is 44.2 Å². The maximum Gasteiger partial charge on any atom is 0.261 e. The maximum atomic E-state index is 12.5. The van der Waals surface area contributed by atoms with Crippen molar-refractivity contribution in [2.45, 2.75) is 25.2 Å². The summed E-state index contributed by atoms with van der Waals surface area (Å²) in [6.07, 6.45) is 4.88. The largest absolute Gasteiger partial charge is 0.280 e. The molecule has 3 nitrogen and oxygen atoms in total. The van der Waals surface area contributed by atoms with Crippen molar-refractivity contribution in [2.24, 2.45) is 0 Å². The molecule has 0 unspecified atom stereocenters. The molecule has 0 aliphatic heterocycles. The summed E-state index contributed by atoms with van der Waals surface area (Å²) in [5.74, 6) is 0. The predicted octanol–water partition coefficient (Wildman–Crippen LogP) is 3.67. The highest BCUT2D eigenvalue weighted by molar-refractivity contribution is 7.92. The van der Waals surface area contributed by atoms with E-state index in [2.05, 4.69) is 4.72 Å². The average Bonchev–Trinajstić information content (AvgIpc) is 2.90. The molecule has 3 rings (SSSR count). The second-order valence-corrected chi connectivity index (χ2v) is 7.05. The van der Waals surface area contributed by atoms with Crippen molar-refractivity contribution < 1.29 is 8.42 Å². The monoisotopic (exact) mass is 299 g/mol. The van der Waals surface area contributed by atoms with Gasteiger partial charge in [0.25, 0.3) is 10.0 Å². The van der Waals surface area contributed by atoms with Gasteiger partial charge in [-0.1, -0.05) is 24.3 Å². The van der Waals surface area contributed by atoms with Crippen molar-refractivity contribution in [2.75, 3.05) is 4.72 Å². The van der Waals surface area contributed by atoms with Crippen molar-refractivity contribution in [3.8, 4) is 0 Å². The van der Waals surface area contributed by atoms with Gasteiger partial charge in [-0.2, -0.15) is 0 Å². The lowest BCUT2D eigenvalue weighted by Gasteiger charge is -2.11. The fourth-order valence-electron chi connectivity index (χ4n) is 2.41. The first kappa shape index (κ1) is 13.9. The molecule has 0 saturated heterocycles. The molecule has 0 atom stereocenters. The van der Waals surface area contributed by atoms with E-state index in [9.17, 15) is 8.42 Å². The number of aryl methyl sites for hydroxylation is 2. The van der Waals surface area contributed by atoms with Crippen LogP contribution in [0, 0.1) is 13.8 Å². The minimum Gasteiger partial charge on any atom is -0.280 e. The van der Waals surface area contributed by atoms with Crippen molar-refractivity contribution >= 4 is 21.8 Å². The summed E-state index contributed by atoms with van der Waals surface area (Å²) in [6.45, 7) is 3.97. The number of nitrogens with one attached hydrogen (secondary N) is 1. The minimum absolute atomic E-state index is 0.297. The summed E-state index contributed by atoms with van der Waals surface area (Å²) in [4.78, 5) is 0.297. The van der Waals surface area contributed by atoms with Gasteiger partial charge < -0.3 is 0 Å². The van der Waals surface area contributed by atoms with Crippen LogP contribution in [0.5, 0.6) is 0 Å². The summed E-state index contributed by atoms with van der Waals surface area (Å²) in [7, 11) is -3.55. The third-order valence-corrected chi connectivity index (χ3v) is 5.20. The summed E-state index contributed by atoms with van der Waals surface area (Å²) in [5.41, 5.74) is 4.94. The second-order valence-electron chi connectivity index (χ2n) is 5.37. The third kappa shape index (κ3) is 2.72. The lowest BCUT2D eigenvalue weighted by Crippen LogP contribution is -2.13. The number of fused-ring (bicyclic) bond motifs is 1. The van der Waals surface area contributed by atoms with Crippen molar-refractivity contribution in [3.63, 3.8) is 0 Å². The molecule has 0 spiro atoms. The first-order valence-electron chi connectivity index (χ1n) is 6.85. The zero-order valence-corrected chi connectivity index (χ0v) is 12.9. The van der Waals surface area contributed by atoms with E-state index in [0.717, 1.165) is 23.1 Å². The van der Waals surface area contributed by atoms with E-state index in [0.29, 0.717) is 10.6 Å². The standard InChI is InChI=1S/C17H17NO2S/c1-12-6-8-16(10-13(12)2)18-21(19,20)17-9-7-14-4-3-5-15(14)11-17/h3,5-11,18H,4H2,1-2H3. The van der Waals surface area contributed by atoms with Gasteiger partial charge in [0.05, 0.1) is 4.90 Å². The molecular formula is C17H17NO2S. The molecule has 0 aromatic heterocycles. The van der Waals surface area contributed by atoms with Gasteiger partial charge in [0.2, 0.25) is 0 Å². The Hall–Kier alpha value is -2.07. The maximum absolute atomic E-state index is 12.5. The van der Waals surface area contributed by atoms with Gasteiger partial charge in [-0.05, 0) is 66.8 Å². The summed E-state index contributed by atoms with van der Waals surface area (Å²) in [5, 5.41) is 0. The molecule has 0 heterocycles. The molecule has 21 heavy (non-hydrogen) atoms. The second kappa shape index (κ2) is 5.04. The number of allylic oxidation sites excluding steroid dienone is 1. The first-order valence-corrected chi connectivity index (χ1v) is 8.33. The Morgan fingerprint density at radius 1 is 1.00 bits per heavy atom. The highest BCUT2D eigenvalue weighted by Gasteiger charge is 2.17. The van der Waals surface area contributed by atoms with Crippen LogP contribution in [0.25, 0.3) is 6.08 Å². The normalized spacial score (nSPS) is 13.2. The van der Waals surface area contributed by atoms with E-state index in [1.165, 1.54) is 5.56 Å². The molecule has 4 heteroatoms. The lowest BCUT2D eigenvalue weighted by molar-refractivity contribution is 0.601. The molecule has 2 aromatic carbocycles. The number of anilines is 1. The van der Waals surface area contributed by atoms with Crippen molar-refractivity contribution in [3.05, 3.63) is 64.7 Å². The van der Waals surface area contributed by atoms with Gasteiger partial charge in [0.1, 0.15) is 0 Å². The van der Waals surface area contributed by atoms with E-state index < -0.39 is 10.0 Å². The Kier molecular flexibility index (Phi) is 3.33. The zero-order valence-electron chi connectivity index (χ0n) is 12.1. The number of sulfonamides is 1. The van der Waals surface area contributed by atoms with Gasteiger partial charge >= 0.3 is 0 Å². The van der Waals surface area contributed by atoms with Gasteiger partial charge in [-0.3, -0.25) is 4.72 Å². The molecule has 1 aliphatic carbocycles. The van der Waals surface area contributed by atoms with E-state index in [4.69, 9.17) is 0 Å². The van der Waals surface area contributed by atoms with Gasteiger partial charge in [-0.15, -0.1) is 0 Å². The Bertz CT molecular complexity index is 836. The highest BCUT2D eigenvalue weighted by atomic mass is 32.2. The Morgan fingerprint density at radius 3 is 2.57 bits per heavy atom. The number of benzene rings is 2. The quantitative estimate of drug-likeness (QED) is 0.940. The molecule has 1 aliphatic rings. The van der Waals surface area contributed by atoms with Crippen LogP contribution in [0.4, 0.5) is 5.69 Å². The molecule has 0 fully saturated rings. The van der Waals surface area contributed by atoms with E-state index >= 15 is 0 Å². The average molecular weight is 299 g/mol. The lowest BCUT2D eigenvalue weighted by atomic mass is 10.1. The van der Waals surface area contributed by atoms with Crippen LogP contribution in [0.2, 0.25) is 0 Å². The molecule has 0 bridgehead atoms. The SMILES string of the molecule is Cc1ccc(NS(=O)(=O)c2ccc3c(c2)C=CC3)cc1C. The number of hydrogen-bond acceptors (Lipinski definition) is 2. The summed E-state index contributed by atoms with van der Waals surface area (Å²) < 4.78 is 27.6. The first-order chi connectivity index (χ1) is 9.95. The van der Waals surface area contributed by atoms with E-state index in [-0.39, 0.29) is 0 Å². The predicted molar refractivity (Wildman–Crippen MR) is 85.9 cm³/mol. The molecule has 108 valence electrons. The molecule has 2 aromatic rings. The Morgan fingerprint density at radius 2 is 1.81 bits per heavy atom. The summed E-state index contributed by atoms with van der Waals surface area (Å²) in [6, 6.07) is 10.8. The molecule has 0 saturated carbocycles. The topological polar surface area (TPSA) is 46.2 Å². The number of hydrogen-bond donors (Lipinski definition) is 1. The van der Waals surface area contributed by atoms with Crippen molar-refractivity contribution in [1.29, 1.82) is 0 Å². The smallest absolute Gasteiger partial charge is 0.261 e. The van der Waals surface area contributed by atoms with Gasteiger partial charge in [0.15, 0.2) is 0 Å². The highest BCUT2D eigenvalue weighted by Crippen LogP contribution is 2.24. The summed E-state index contributed by atoms with van der Waals surface area (Å²) >= 11 is 0.